The molecule has 1 heterocycles. The molecule has 3 rings (SSSR count). The Kier molecular flexibility index (Phi) is 4.73. The standard InChI is InChI=1S/C17H15Cl2FO4S/c1-3-23-14(21)13-9(12-10(20)5-4-6-11(12)25-13)7-24-15(22)16(2)8-17(16,18)19/h4-6H,3,7-8H2,1-2H3/t16-/m1/s1. The lowest BCUT2D eigenvalue weighted by Crippen LogP contribution is -2.21. The van der Waals surface area contributed by atoms with Crippen molar-refractivity contribution in [1.82, 2.24) is 0 Å². The minimum Gasteiger partial charge on any atom is -0.462 e. The van der Waals surface area contributed by atoms with Gasteiger partial charge in [-0.2, -0.15) is 0 Å². The van der Waals surface area contributed by atoms with Crippen molar-refractivity contribution in [3.8, 4) is 0 Å². The number of fused-ring (bicyclic) bond motifs is 1. The number of hydrogen-bond donors (Lipinski definition) is 0. The van der Waals surface area contributed by atoms with Crippen LogP contribution in [0.2, 0.25) is 0 Å². The van der Waals surface area contributed by atoms with Crippen LogP contribution in [0.25, 0.3) is 10.1 Å². The van der Waals surface area contributed by atoms with Crippen molar-refractivity contribution in [1.29, 1.82) is 0 Å². The van der Waals surface area contributed by atoms with Gasteiger partial charge in [0.1, 0.15) is 27.0 Å². The molecule has 1 aromatic carbocycles. The first-order chi connectivity index (χ1) is 11.7. The van der Waals surface area contributed by atoms with Crippen LogP contribution in [0, 0.1) is 11.2 Å². The molecule has 1 aromatic heterocycles. The van der Waals surface area contributed by atoms with Crippen LogP contribution in [0.1, 0.15) is 35.5 Å². The number of carbonyl (C=O) groups excluding carboxylic acids is 2. The third-order valence-electron chi connectivity index (χ3n) is 4.28. The van der Waals surface area contributed by atoms with Gasteiger partial charge in [0.15, 0.2) is 0 Å². The van der Waals surface area contributed by atoms with Crippen LogP contribution in [0.3, 0.4) is 0 Å². The van der Waals surface area contributed by atoms with Crippen LogP contribution in [0.15, 0.2) is 18.2 Å². The Morgan fingerprint density at radius 2 is 2.00 bits per heavy atom. The molecule has 0 saturated heterocycles. The topological polar surface area (TPSA) is 52.6 Å². The third kappa shape index (κ3) is 3.11. The largest absolute Gasteiger partial charge is 0.462 e. The van der Waals surface area contributed by atoms with E-state index >= 15 is 0 Å². The van der Waals surface area contributed by atoms with E-state index < -0.39 is 27.5 Å². The zero-order valence-corrected chi connectivity index (χ0v) is 15.9. The maximum Gasteiger partial charge on any atom is 0.348 e. The molecule has 1 saturated carbocycles. The average Bonchev–Trinajstić information content (AvgIpc) is 2.91. The van der Waals surface area contributed by atoms with Crippen molar-refractivity contribution in [2.24, 2.45) is 5.41 Å². The predicted molar refractivity (Wildman–Crippen MR) is 94.7 cm³/mol. The highest BCUT2D eigenvalue weighted by Crippen LogP contribution is 2.64. The summed E-state index contributed by atoms with van der Waals surface area (Å²) in [4.78, 5) is 24.7. The Bertz CT molecular complexity index is 864. The number of rotatable bonds is 5. The highest BCUT2D eigenvalue weighted by Gasteiger charge is 2.69. The summed E-state index contributed by atoms with van der Waals surface area (Å²) in [5.41, 5.74) is -0.700. The first-order valence-corrected chi connectivity index (χ1v) is 9.20. The Morgan fingerprint density at radius 3 is 2.60 bits per heavy atom. The molecule has 0 unspecified atom stereocenters. The molecule has 1 atom stereocenters. The first-order valence-electron chi connectivity index (χ1n) is 7.63. The van der Waals surface area contributed by atoms with Crippen LogP contribution >= 0.6 is 34.5 Å². The lowest BCUT2D eigenvalue weighted by molar-refractivity contribution is -0.150. The molecule has 25 heavy (non-hydrogen) atoms. The minimum absolute atomic E-state index is 0.188. The lowest BCUT2D eigenvalue weighted by atomic mass is 10.1. The number of alkyl halides is 2. The van der Waals surface area contributed by atoms with Gasteiger partial charge in [0.25, 0.3) is 0 Å². The van der Waals surface area contributed by atoms with Crippen LogP contribution in [0.5, 0.6) is 0 Å². The van der Waals surface area contributed by atoms with E-state index in [4.69, 9.17) is 32.7 Å². The zero-order valence-electron chi connectivity index (χ0n) is 13.5. The van der Waals surface area contributed by atoms with Crippen LogP contribution < -0.4 is 0 Å². The third-order valence-corrected chi connectivity index (χ3v) is 6.56. The molecule has 2 aromatic rings. The zero-order chi connectivity index (χ0) is 18.4. The molecule has 0 N–H and O–H groups in total. The maximum absolute atomic E-state index is 14.3. The van der Waals surface area contributed by atoms with Gasteiger partial charge in [-0.3, -0.25) is 4.79 Å². The monoisotopic (exact) mass is 404 g/mol. The van der Waals surface area contributed by atoms with E-state index in [1.165, 1.54) is 6.07 Å². The van der Waals surface area contributed by atoms with Gasteiger partial charge in [0.05, 0.1) is 6.61 Å². The van der Waals surface area contributed by atoms with Gasteiger partial charge in [-0.25, -0.2) is 9.18 Å². The molecule has 0 aliphatic heterocycles. The van der Waals surface area contributed by atoms with Crippen molar-refractivity contribution in [3.05, 3.63) is 34.5 Å². The number of ether oxygens (including phenoxy) is 2. The van der Waals surface area contributed by atoms with Gasteiger partial charge in [0.2, 0.25) is 0 Å². The fraction of sp³-hybridized carbons (Fsp3) is 0.412. The minimum atomic E-state index is -1.16. The number of carbonyl (C=O) groups is 2. The molecule has 0 radical (unpaired) electrons. The Balaban J connectivity index is 1.92. The van der Waals surface area contributed by atoms with E-state index in [-0.39, 0.29) is 29.9 Å². The second-order valence-electron chi connectivity index (χ2n) is 6.03. The van der Waals surface area contributed by atoms with Crippen molar-refractivity contribution >= 4 is 56.6 Å². The summed E-state index contributed by atoms with van der Waals surface area (Å²) >= 11 is 13.1. The quantitative estimate of drug-likeness (QED) is 0.528. The smallest absolute Gasteiger partial charge is 0.348 e. The second kappa shape index (κ2) is 6.41. The molecule has 8 heteroatoms. The summed E-state index contributed by atoms with van der Waals surface area (Å²) in [6, 6.07) is 4.54. The summed E-state index contributed by atoms with van der Waals surface area (Å²) in [6.45, 7) is 3.22. The Labute approximate surface area is 157 Å². The summed E-state index contributed by atoms with van der Waals surface area (Å²) in [6.07, 6.45) is 0.283. The fourth-order valence-corrected chi connectivity index (χ4v) is 4.39. The number of halogens is 3. The van der Waals surface area contributed by atoms with Gasteiger partial charge in [0, 0.05) is 22.1 Å². The predicted octanol–water partition coefficient (Wildman–Crippen LogP) is 4.84. The van der Waals surface area contributed by atoms with E-state index in [9.17, 15) is 14.0 Å². The maximum atomic E-state index is 14.3. The van der Waals surface area contributed by atoms with E-state index in [1.54, 1.807) is 26.0 Å². The number of thiophene rings is 1. The molecule has 0 spiro atoms. The van der Waals surface area contributed by atoms with E-state index in [0.717, 1.165) is 11.3 Å². The number of esters is 2. The van der Waals surface area contributed by atoms with E-state index in [2.05, 4.69) is 0 Å². The summed E-state index contributed by atoms with van der Waals surface area (Å²) in [7, 11) is 0. The van der Waals surface area contributed by atoms with Crippen LogP contribution in [-0.2, 0) is 20.9 Å². The van der Waals surface area contributed by atoms with Gasteiger partial charge >= 0.3 is 11.9 Å². The van der Waals surface area contributed by atoms with Gasteiger partial charge in [-0.15, -0.1) is 34.5 Å². The molecule has 1 aliphatic rings. The van der Waals surface area contributed by atoms with E-state index in [0.29, 0.717) is 10.3 Å². The SMILES string of the molecule is CCOC(=O)c1sc2cccc(F)c2c1COC(=O)[C@@]1(C)CC1(Cl)Cl. The molecule has 1 aliphatic carbocycles. The van der Waals surface area contributed by atoms with Gasteiger partial charge in [-0.05, 0) is 26.0 Å². The van der Waals surface area contributed by atoms with Gasteiger partial charge in [-0.1, -0.05) is 6.07 Å². The first kappa shape index (κ1) is 18.4. The highest BCUT2D eigenvalue weighted by molar-refractivity contribution is 7.21. The highest BCUT2D eigenvalue weighted by atomic mass is 35.5. The lowest BCUT2D eigenvalue weighted by Gasteiger charge is -2.12. The van der Waals surface area contributed by atoms with Crippen LogP contribution in [-0.4, -0.2) is 22.9 Å². The molecule has 0 amide bonds. The fourth-order valence-electron chi connectivity index (χ4n) is 2.58. The van der Waals surface area contributed by atoms with Crippen molar-refractivity contribution < 1.29 is 23.5 Å². The molecule has 4 nitrogen and oxygen atoms in total. The average molecular weight is 405 g/mol. The van der Waals surface area contributed by atoms with Crippen LogP contribution in [0.4, 0.5) is 4.39 Å². The second-order valence-corrected chi connectivity index (χ2v) is 8.57. The Morgan fingerprint density at radius 1 is 1.32 bits per heavy atom. The van der Waals surface area contributed by atoms with Gasteiger partial charge < -0.3 is 9.47 Å². The summed E-state index contributed by atoms with van der Waals surface area (Å²) in [5.74, 6) is -1.64. The normalized spacial score (nSPS) is 21.2. The molecule has 134 valence electrons. The van der Waals surface area contributed by atoms with Crippen molar-refractivity contribution in [2.75, 3.05) is 6.61 Å². The molecular formula is C17H15Cl2FO4S. The summed E-state index contributed by atoms with van der Waals surface area (Å²) in [5, 5.41) is 0.257. The summed E-state index contributed by atoms with van der Waals surface area (Å²) < 4.78 is 24.0. The molecule has 0 bridgehead atoms. The number of benzene rings is 1. The molecular weight excluding hydrogens is 390 g/mol. The van der Waals surface area contributed by atoms with E-state index in [1.807, 2.05) is 0 Å². The van der Waals surface area contributed by atoms with Crippen molar-refractivity contribution in [3.63, 3.8) is 0 Å². The van der Waals surface area contributed by atoms with Crippen molar-refractivity contribution in [2.45, 2.75) is 31.2 Å². The Hall–Kier alpha value is -1.37. The number of hydrogen-bond acceptors (Lipinski definition) is 5. The molecule has 1 fully saturated rings.